The van der Waals surface area contributed by atoms with Crippen LogP contribution in [-0.4, -0.2) is 18.5 Å². The van der Waals surface area contributed by atoms with Crippen LogP contribution in [0.15, 0.2) is 45.5 Å². The maximum absolute atomic E-state index is 13.5. The van der Waals surface area contributed by atoms with Crippen molar-refractivity contribution in [1.82, 2.24) is 5.32 Å². The van der Waals surface area contributed by atoms with Gasteiger partial charge in [0.05, 0.1) is 17.9 Å². The molecule has 1 atom stereocenters. The number of amides is 1. The molecule has 0 aliphatic rings. The number of hydrogen-bond donors (Lipinski definition) is 1. The van der Waals surface area contributed by atoms with E-state index in [0.717, 1.165) is 6.07 Å². The molecule has 0 saturated carbocycles. The number of benzene rings is 1. The predicted octanol–water partition coefficient (Wildman–Crippen LogP) is 3.22. The van der Waals surface area contributed by atoms with Crippen LogP contribution in [0.2, 0.25) is 0 Å². The Kier molecular flexibility index (Phi) is 5.32. The van der Waals surface area contributed by atoms with E-state index < -0.39 is 24.3 Å². The average Bonchev–Trinajstić information content (AvgIpc) is 3.01. The summed E-state index contributed by atoms with van der Waals surface area (Å²) in [6.45, 7) is 1.22. The Morgan fingerprint density at radius 2 is 2.18 bits per heavy atom. The van der Waals surface area contributed by atoms with Gasteiger partial charge in [0.1, 0.15) is 11.6 Å². The summed E-state index contributed by atoms with van der Waals surface area (Å²) in [5, 5.41) is 2.60. The molecule has 1 aromatic heterocycles. The molecule has 1 amide bonds. The molecule has 0 unspecified atom stereocenters. The van der Waals surface area contributed by atoms with Crippen molar-refractivity contribution in [1.29, 1.82) is 0 Å². The lowest BCUT2D eigenvalue weighted by Crippen LogP contribution is -2.31. The first kappa shape index (κ1) is 16.2. The Hall–Kier alpha value is -2.15. The van der Waals surface area contributed by atoms with Crippen molar-refractivity contribution in [2.45, 2.75) is 13.0 Å². The van der Waals surface area contributed by atoms with Gasteiger partial charge in [-0.25, -0.2) is 9.18 Å². The second kappa shape index (κ2) is 7.22. The molecular formula is C15H13BrFNO4. The quantitative estimate of drug-likeness (QED) is 0.821. The third kappa shape index (κ3) is 4.17. The van der Waals surface area contributed by atoms with Gasteiger partial charge in [-0.05, 0) is 37.3 Å². The minimum Gasteiger partial charge on any atom is -0.467 e. The summed E-state index contributed by atoms with van der Waals surface area (Å²) in [6, 6.07) is 6.95. The van der Waals surface area contributed by atoms with Crippen molar-refractivity contribution in [3.63, 3.8) is 0 Å². The molecule has 2 rings (SSSR count). The molecule has 1 heterocycles. The van der Waals surface area contributed by atoms with Gasteiger partial charge in [0.2, 0.25) is 0 Å². The number of rotatable bonds is 5. The zero-order valence-electron chi connectivity index (χ0n) is 11.6. The number of esters is 1. The zero-order chi connectivity index (χ0) is 16.1. The molecule has 7 heteroatoms. The number of nitrogens with one attached hydrogen (secondary N) is 1. The van der Waals surface area contributed by atoms with E-state index in [4.69, 9.17) is 9.15 Å². The minimum atomic E-state index is -0.903. The maximum atomic E-state index is 13.5. The summed E-state index contributed by atoms with van der Waals surface area (Å²) in [5.41, 5.74) is -0.235. The monoisotopic (exact) mass is 369 g/mol. The standard InChI is InChI=1S/C15H13BrFNO4/c1-9(13-3-2-6-21-13)18-14(19)8-22-15(20)11-7-10(16)4-5-12(11)17/h2-7,9H,8H2,1H3,(H,18,19)/t9-/m1/s1. The van der Waals surface area contributed by atoms with Crippen LogP contribution >= 0.6 is 15.9 Å². The molecule has 0 bridgehead atoms. The fraction of sp³-hybridized carbons (Fsp3) is 0.200. The predicted molar refractivity (Wildman–Crippen MR) is 79.6 cm³/mol. The van der Waals surface area contributed by atoms with Crippen LogP contribution < -0.4 is 5.32 Å². The summed E-state index contributed by atoms with van der Waals surface area (Å²) >= 11 is 3.14. The van der Waals surface area contributed by atoms with Gasteiger partial charge in [0.25, 0.3) is 5.91 Å². The van der Waals surface area contributed by atoms with Crippen LogP contribution in [-0.2, 0) is 9.53 Å². The second-order valence-electron chi connectivity index (χ2n) is 4.50. The number of furan rings is 1. The highest BCUT2D eigenvalue weighted by molar-refractivity contribution is 9.10. The topological polar surface area (TPSA) is 68.5 Å². The lowest BCUT2D eigenvalue weighted by molar-refractivity contribution is -0.125. The lowest BCUT2D eigenvalue weighted by Gasteiger charge is -2.11. The molecular weight excluding hydrogens is 357 g/mol. The van der Waals surface area contributed by atoms with Crippen LogP contribution in [0.5, 0.6) is 0 Å². The number of ether oxygens (including phenoxy) is 1. The highest BCUT2D eigenvalue weighted by Gasteiger charge is 2.17. The van der Waals surface area contributed by atoms with E-state index in [2.05, 4.69) is 21.2 Å². The van der Waals surface area contributed by atoms with Gasteiger partial charge >= 0.3 is 5.97 Å². The highest BCUT2D eigenvalue weighted by atomic mass is 79.9. The van der Waals surface area contributed by atoms with Crippen LogP contribution in [0, 0.1) is 5.82 Å². The van der Waals surface area contributed by atoms with Gasteiger partial charge in [0, 0.05) is 4.47 Å². The van der Waals surface area contributed by atoms with Gasteiger partial charge in [-0.1, -0.05) is 15.9 Å². The van der Waals surface area contributed by atoms with Crippen molar-refractivity contribution < 1.29 is 23.1 Å². The average molecular weight is 370 g/mol. The van der Waals surface area contributed by atoms with Crippen molar-refractivity contribution in [2.75, 3.05) is 6.61 Å². The first-order valence-corrected chi connectivity index (χ1v) is 7.21. The molecule has 22 heavy (non-hydrogen) atoms. The van der Waals surface area contributed by atoms with Gasteiger partial charge in [0.15, 0.2) is 6.61 Å². The van der Waals surface area contributed by atoms with E-state index >= 15 is 0 Å². The normalized spacial score (nSPS) is 11.8. The Morgan fingerprint density at radius 3 is 2.86 bits per heavy atom. The second-order valence-corrected chi connectivity index (χ2v) is 5.42. The number of hydrogen-bond acceptors (Lipinski definition) is 4. The third-order valence-corrected chi connectivity index (χ3v) is 3.32. The van der Waals surface area contributed by atoms with Crippen LogP contribution in [0.4, 0.5) is 4.39 Å². The van der Waals surface area contributed by atoms with Crippen LogP contribution in [0.3, 0.4) is 0 Å². The molecule has 0 radical (unpaired) electrons. The first-order valence-electron chi connectivity index (χ1n) is 6.42. The van der Waals surface area contributed by atoms with Crippen LogP contribution in [0.25, 0.3) is 0 Å². The van der Waals surface area contributed by atoms with Crippen LogP contribution in [0.1, 0.15) is 29.1 Å². The smallest absolute Gasteiger partial charge is 0.341 e. The number of carbonyl (C=O) groups excluding carboxylic acids is 2. The fourth-order valence-electron chi connectivity index (χ4n) is 1.75. The van der Waals surface area contributed by atoms with Crippen molar-refractivity contribution in [2.24, 2.45) is 0 Å². The molecule has 5 nitrogen and oxygen atoms in total. The molecule has 1 aromatic carbocycles. The van der Waals surface area contributed by atoms with E-state index in [1.807, 2.05) is 0 Å². The first-order chi connectivity index (χ1) is 10.5. The summed E-state index contributed by atoms with van der Waals surface area (Å²) in [4.78, 5) is 23.5. The molecule has 0 fully saturated rings. The highest BCUT2D eigenvalue weighted by Crippen LogP contribution is 2.16. The number of halogens is 2. The van der Waals surface area contributed by atoms with E-state index in [1.165, 1.54) is 18.4 Å². The van der Waals surface area contributed by atoms with E-state index in [0.29, 0.717) is 10.2 Å². The van der Waals surface area contributed by atoms with Gasteiger partial charge < -0.3 is 14.5 Å². The lowest BCUT2D eigenvalue weighted by atomic mass is 10.2. The molecule has 0 spiro atoms. The Labute approximate surface area is 134 Å². The molecule has 1 N–H and O–H groups in total. The third-order valence-electron chi connectivity index (χ3n) is 2.83. The Morgan fingerprint density at radius 1 is 1.41 bits per heavy atom. The molecule has 2 aromatic rings. The minimum absolute atomic E-state index is 0.235. The summed E-state index contributed by atoms with van der Waals surface area (Å²) in [7, 11) is 0. The van der Waals surface area contributed by atoms with Crippen molar-refractivity contribution in [3.05, 3.63) is 58.2 Å². The van der Waals surface area contributed by atoms with Gasteiger partial charge in [-0.15, -0.1) is 0 Å². The number of carbonyl (C=O) groups is 2. The maximum Gasteiger partial charge on any atom is 0.341 e. The van der Waals surface area contributed by atoms with Gasteiger partial charge in [-0.2, -0.15) is 0 Å². The van der Waals surface area contributed by atoms with Crippen molar-refractivity contribution in [3.8, 4) is 0 Å². The fourth-order valence-corrected chi connectivity index (χ4v) is 2.12. The molecule has 116 valence electrons. The van der Waals surface area contributed by atoms with Gasteiger partial charge in [-0.3, -0.25) is 4.79 Å². The van der Waals surface area contributed by atoms with E-state index in [9.17, 15) is 14.0 Å². The largest absolute Gasteiger partial charge is 0.467 e. The SMILES string of the molecule is C[C@@H](NC(=O)COC(=O)c1cc(Br)ccc1F)c1ccco1. The molecule has 0 aliphatic heterocycles. The molecule has 0 saturated heterocycles. The zero-order valence-corrected chi connectivity index (χ0v) is 13.2. The van der Waals surface area contributed by atoms with E-state index in [-0.39, 0.29) is 11.6 Å². The Balaban J connectivity index is 1.88. The summed E-state index contributed by atoms with van der Waals surface area (Å²) in [5.74, 6) is -1.54. The van der Waals surface area contributed by atoms with E-state index in [1.54, 1.807) is 19.1 Å². The molecule has 0 aliphatic carbocycles. The summed E-state index contributed by atoms with van der Waals surface area (Å²) in [6.07, 6.45) is 1.49. The van der Waals surface area contributed by atoms with Crippen molar-refractivity contribution >= 4 is 27.8 Å². The summed E-state index contributed by atoms with van der Waals surface area (Å²) < 4.78 is 24.0. The Bertz CT molecular complexity index is 672.